The molecule has 0 aromatic carbocycles. The van der Waals surface area contributed by atoms with Crippen LogP contribution in [0.4, 0.5) is 4.79 Å². The fourth-order valence-corrected chi connectivity index (χ4v) is 1.30. The number of nitrogens with one attached hydrogen (secondary N) is 1. The molecule has 0 heterocycles. The molecule has 2 N–H and O–H groups in total. The van der Waals surface area contributed by atoms with Gasteiger partial charge in [0.25, 0.3) is 0 Å². The van der Waals surface area contributed by atoms with Crippen molar-refractivity contribution in [1.82, 2.24) is 10.2 Å². The molecule has 0 aliphatic heterocycles. The number of carboxylic acids is 1. The lowest BCUT2D eigenvalue weighted by atomic mass is 10.1. The van der Waals surface area contributed by atoms with E-state index in [9.17, 15) is 9.59 Å². The third-order valence-electron chi connectivity index (χ3n) is 2.44. The zero-order valence-electron chi connectivity index (χ0n) is 10.3. The van der Waals surface area contributed by atoms with Crippen LogP contribution in [0, 0.1) is 5.92 Å². The number of hydrogen-bond acceptors (Lipinski definition) is 2. The first kappa shape index (κ1) is 14.7. The van der Waals surface area contributed by atoms with Crippen LogP contribution in [-0.2, 0) is 4.79 Å². The van der Waals surface area contributed by atoms with E-state index in [0.717, 1.165) is 13.0 Å². The maximum Gasteiger partial charge on any atom is 0.317 e. The molecule has 0 spiro atoms. The van der Waals surface area contributed by atoms with Crippen molar-refractivity contribution in [1.29, 1.82) is 0 Å². The summed E-state index contributed by atoms with van der Waals surface area (Å²) in [6.07, 6.45) is 1.39. The second-order valence-corrected chi connectivity index (χ2v) is 3.84. The third-order valence-corrected chi connectivity index (χ3v) is 2.44. The van der Waals surface area contributed by atoms with E-state index in [1.165, 1.54) is 0 Å². The van der Waals surface area contributed by atoms with Gasteiger partial charge >= 0.3 is 12.0 Å². The van der Waals surface area contributed by atoms with Crippen LogP contribution < -0.4 is 5.32 Å². The average molecular weight is 230 g/mol. The van der Waals surface area contributed by atoms with Gasteiger partial charge in [-0.25, -0.2) is 4.79 Å². The van der Waals surface area contributed by atoms with Crippen molar-refractivity contribution in [3.05, 3.63) is 0 Å². The molecule has 94 valence electrons. The first-order chi connectivity index (χ1) is 7.52. The van der Waals surface area contributed by atoms with Crippen molar-refractivity contribution >= 4 is 12.0 Å². The number of urea groups is 1. The van der Waals surface area contributed by atoms with Gasteiger partial charge in [0, 0.05) is 19.6 Å². The van der Waals surface area contributed by atoms with Crippen LogP contribution in [0.5, 0.6) is 0 Å². The van der Waals surface area contributed by atoms with Gasteiger partial charge in [0.1, 0.15) is 0 Å². The van der Waals surface area contributed by atoms with Gasteiger partial charge in [0.2, 0.25) is 0 Å². The average Bonchev–Trinajstić information content (AvgIpc) is 2.25. The quantitative estimate of drug-likeness (QED) is 0.697. The van der Waals surface area contributed by atoms with Gasteiger partial charge in [0.15, 0.2) is 0 Å². The molecule has 0 aromatic heterocycles. The Morgan fingerprint density at radius 1 is 1.38 bits per heavy atom. The van der Waals surface area contributed by atoms with Gasteiger partial charge in [-0.2, -0.15) is 0 Å². The highest BCUT2D eigenvalue weighted by molar-refractivity contribution is 5.74. The molecular weight excluding hydrogens is 208 g/mol. The van der Waals surface area contributed by atoms with Crippen molar-refractivity contribution in [3.8, 4) is 0 Å². The summed E-state index contributed by atoms with van der Waals surface area (Å²) in [5.41, 5.74) is 0. The smallest absolute Gasteiger partial charge is 0.317 e. The van der Waals surface area contributed by atoms with Gasteiger partial charge in [-0.3, -0.25) is 4.79 Å². The SMILES string of the molecule is CCCN(CC)C(=O)NCCC(C)C(=O)O. The summed E-state index contributed by atoms with van der Waals surface area (Å²) < 4.78 is 0. The first-order valence-electron chi connectivity index (χ1n) is 5.78. The Kier molecular flexibility index (Phi) is 7.33. The minimum Gasteiger partial charge on any atom is -0.481 e. The molecule has 0 rings (SSSR count). The van der Waals surface area contributed by atoms with E-state index in [2.05, 4.69) is 5.32 Å². The van der Waals surface area contributed by atoms with E-state index >= 15 is 0 Å². The van der Waals surface area contributed by atoms with Crippen molar-refractivity contribution < 1.29 is 14.7 Å². The molecular formula is C11H22N2O3. The normalized spacial score (nSPS) is 11.9. The van der Waals surface area contributed by atoms with E-state index in [1.54, 1.807) is 11.8 Å². The van der Waals surface area contributed by atoms with Gasteiger partial charge in [0.05, 0.1) is 5.92 Å². The van der Waals surface area contributed by atoms with Gasteiger partial charge in [-0.15, -0.1) is 0 Å². The van der Waals surface area contributed by atoms with Crippen molar-refractivity contribution in [3.63, 3.8) is 0 Å². The maximum absolute atomic E-state index is 11.6. The Bertz CT molecular complexity index is 231. The van der Waals surface area contributed by atoms with Crippen molar-refractivity contribution in [2.24, 2.45) is 5.92 Å². The van der Waals surface area contributed by atoms with E-state index < -0.39 is 11.9 Å². The Labute approximate surface area is 96.8 Å². The lowest BCUT2D eigenvalue weighted by molar-refractivity contribution is -0.141. The lowest BCUT2D eigenvalue weighted by Crippen LogP contribution is -2.41. The number of nitrogens with zero attached hydrogens (tertiary/aromatic N) is 1. The highest BCUT2D eigenvalue weighted by Crippen LogP contribution is 2.00. The second-order valence-electron chi connectivity index (χ2n) is 3.84. The molecule has 0 bridgehead atoms. The molecule has 5 heteroatoms. The summed E-state index contributed by atoms with van der Waals surface area (Å²) in [5.74, 6) is -1.24. The summed E-state index contributed by atoms with van der Waals surface area (Å²) in [5, 5.41) is 11.4. The van der Waals surface area contributed by atoms with Crippen LogP contribution in [0.25, 0.3) is 0 Å². The molecule has 5 nitrogen and oxygen atoms in total. The largest absolute Gasteiger partial charge is 0.481 e. The number of hydrogen-bond donors (Lipinski definition) is 2. The number of amides is 2. The molecule has 0 aliphatic carbocycles. The predicted molar refractivity (Wildman–Crippen MR) is 62.4 cm³/mol. The number of rotatable bonds is 7. The third kappa shape index (κ3) is 5.58. The summed E-state index contributed by atoms with van der Waals surface area (Å²) in [6, 6.07) is -0.109. The Morgan fingerprint density at radius 2 is 2.00 bits per heavy atom. The first-order valence-corrected chi connectivity index (χ1v) is 5.78. The van der Waals surface area contributed by atoms with E-state index in [1.807, 2.05) is 13.8 Å². The number of carboxylic acid groups (broad SMARTS) is 1. The topological polar surface area (TPSA) is 69.6 Å². The minimum absolute atomic E-state index is 0.109. The summed E-state index contributed by atoms with van der Waals surface area (Å²) in [4.78, 5) is 23.8. The molecule has 16 heavy (non-hydrogen) atoms. The van der Waals surface area contributed by atoms with Gasteiger partial charge < -0.3 is 15.3 Å². The van der Waals surface area contributed by atoms with E-state index in [0.29, 0.717) is 19.5 Å². The van der Waals surface area contributed by atoms with E-state index in [4.69, 9.17) is 5.11 Å². The maximum atomic E-state index is 11.6. The molecule has 2 amide bonds. The molecule has 0 saturated heterocycles. The highest BCUT2D eigenvalue weighted by Gasteiger charge is 2.13. The lowest BCUT2D eigenvalue weighted by Gasteiger charge is -2.20. The van der Waals surface area contributed by atoms with Gasteiger partial charge in [-0.05, 0) is 19.8 Å². The van der Waals surface area contributed by atoms with Crippen LogP contribution in [0.2, 0.25) is 0 Å². The molecule has 1 unspecified atom stereocenters. The van der Waals surface area contributed by atoms with E-state index in [-0.39, 0.29) is 6.03 Å². The molecule has 0 aliphatic rings. The highest BCUT2D eigenvalue weighted by atomic mass is 16.4. The van der Waals surface area contributed by atoms with Crippen LogP contribution >= 0.6 is 0 Å². The van der Waals surface area contributed by atoms with Gasteiger partial charge in [-0.1, -0.05) is 13.8 Å². The minimum atomic E-state index is -0.824. The summed E-state index contributed by atoms with van der Waals surface area (Å²) in [6.45, 7) is 7.40. The molecule has 0 aromatic rings. The monoisotopic (exact) mass is 230 g/mol. The molecule has 0 fully saturated rings. The summed E-state index contributed by atoms with van der Waals surface area (Å²) in [7, 11) is 0. The van der Waals surface area contributed by atoms with Crippen LogP contribution in [0.3, 0.4) is 0 Å². The standard InChI is InChI=1S/C11H22N2O3/c1-4-8-13(5-2)11(16)12-7-6-9(3)10(14)15/h9H,4-8H2,1-3H3,(H,12,16)(H,14,15). The Balaban J connectivity index is 3.83. The van der Waals surface area contributed by atoms with Crippen LogP contribution in [0.1, 0.15) is 33.6 Å². The number of carbonyl (C=O) groups is 2. The molecule has 0 saturated carbocycles. The molecule has 1 atom stereocenters. The number of aliphatic carboxylic acids is 1. The molecule has 0 radical (unpaired) electrons. The van der Waals surface area contributed by atoms with Crippen molar-refractivity contribution in [2.45, 2.75) is 33.6 Å². The predicted octanol–water partition coefficient (Wildman–Crippen LogP) is 1.54. The Hall–Kier alpha value is -1.26. The second kappa shape index (κ2) is 7.96. The zero-order valence-corrected chi connectivity index (χ0v) is 10.3. The van der Waals surface area contributed by atoms with Crippen LogP contribution in [-0.4, -0.2) is 41.6 Å². The van der Waals surface area contributed by atoms with Crippen LogP contribution in [0.15, 0.2) is 0 Å². The zero-order chi connectivity index (χ0) is 12.6. The Morgan fingerprint density at radius 3 is 2.44 bits per heavy atom. The fourth-order valence-electron chi connectivity index (χ4n) is 1.30. The van der Waals surface area contributed by atoms with Crippen molar-refractivity contribution in [2.75, 3.05) is 19.6 Å². The number of carbonyl (C=O) groups excluding carboxylic acids is 1. The summed E-state index contributed by atoms with van der Waals surface area (Å²) >= 11 is 0. The fraction of sp³-hybridized carbons (Fsp3) is 0.818.